The first kappa shape index (κ1) is 10.3. The molecule has 0 amide bonds. The van der Waals surface area contributed by atoms with Crippen molar-refractivity contribution in [2.75, 3.05) is 6.54 Å². The van der Waals surface area contributed by atoms with Crippen LogP contribution in [-0.2, 0) is 6.42 Å². The molecule has 1 heterocycles. The highest BCUT2D eigenvalue weighted by Crippen LogP contribution is 2.14. The van der Waals surface area contributed by atoms with E-state index in [9.17, 15) is 10.1 Å². The minimum Gasteiger partial charge on any atom is -0.358 e. The van der Waals surface area contributed by atoms with Crippen LogP contribution in [-0.4, -0.2) is 16.5 Å². The summed E-state index contributed by atoms with van der Waals surface area (Å²) in [5.74, 6) is -0.115. The lowest BCUT2D eigenvalue weighted by Gasteiger charge is -1.96. The zero-order valence-corrected chi connectivity index (χ0v) is 8.89. The molecule has 2 N–H and O–H groups in total. The third kappa shape index (κ3) is 2.88. The largest absolute Gasteiger partial charge is 0.364 e. The van der Waals surface area contributed by atoms with E-state index >= 15 is 0 Å². The predicted molar refractivity (Wildman–Crippen MR) is 56.4 cm³/mol. The summed E-state index contributed by atoms with van der Waals surface area (Å²) in [6.45, 7) is 0.449. The summed E-state index contributed by atoms with van der Waals surface area (Å²) in [6, 6.07) is 3.22. The summed E-state index contributed by atoms with van der Waals surface area (Å²) in [5, 5.41) is 10.4. The molecule has 0 unspecified atom stereocenters. The molecule has 1 aromatic heterocycles. The van der Waals surface area contributed by atoms with E-state index in [1.165, 1.54) is 6.07 Å². The number of hydrogen-bond acceptors (Lipinski definition) is 4. The van der Waals surface area contributed by atoms with Crippen LogP contribution < -0.4 is 5.73 Å². The summed E-state index contributed by atoms with van der Waals surface area (Å²) in [4.78, 5) is 13.8. The van der Waals surface area contributed by atoms with Crippen LogP contribution >= 0.6 is 22.6 Å². The molecule has 0 fully saturated rings. The van der Waals surface area contributed by atoms with Gasteiger partial charge in [-0.2, -0.15) is 0 Å². The SMILES string of the molecule is NCCc1cc(I)cc([N+](=O)[O-])n1. The first-order valence-corrected chi connectivity index (χ1v) is 4.72. The lowest BCUT2D eigenvalue weighted by atomic mass is 10.3. The third-order valence-electron chi connectivity index (χ3n) is 1.42. The van der Waals surface area contributed by atoms with E-state index in [0.29, 0.717) is 18.7 Å². The number of halogens is 1. The van der Waals surface area contributed by atoms with Crippen LogP contribution in [0.5, 0.6) is 0 Å². The van der Waals surface area contributed by atoms with Gasteiger partial charge in [0, 0.05) is 22.6 Å². The molecular formula is C7H8IN3O2. The van der Waals surface area contributed by atoms with Crippen molar-refractivity contribution in [1.82, 2.24) is 4.98 Å². The van der Waals surface area contributed by atoms with Crippen molar-refractivity contribution in [1.29, 1.82) is 0 Å². The number of nitrogens with two attached hydrogens (primary N) is 1. The maximum atomic E-state index is 10.4. The van der Waals surface area contributed by atoms with Crippen LogP contribution in [0.4, 0.5) is 5.82 Å². The summed E-state index contributed by atoms with van der Waals surface area (Å²) in [7, 11) is 0. The van der Waals surface area contributed by atoms with Crippen molar-refractivity contribution < 1.29 is 4.92 Å². The third-order valence-corrected chi connectivity index (χ3v) is 2.04. The van der Waals surface area contributed by atoms with Crippen LogP contribution in [0.15, 0.2) is 12.1 Å². The van der Waals surface area contributed by atoms with Gasteiger partial charge < -0.3 is 15.8 Å². The zero-order chi connectivity index (χ0) is 9.84. The maximum absolute atomic E-state index is 10.4. The van der Waals surface area contributed by atoms with E-state index < -0.39 is 4.92 Å². The molecule has 0 atom stereocenters. The second-order valence-corrected chi connectivity index (χ2v) is 3.68. The van der Waals surface area contributed by atoms with Crippen molar-refractivity contribution in [3.05, 3.63) is 31.5 Å². The summed E-state index contributed by atoms with van der Waals surface area (Å²) >= 11 is 2.02. The second-order valence-electron chi connectivity index (χ2n) is 2.43. The van der Waals surface area contributed by atoms with Gasteiger partial charge in [-0.1, -0.05) is 0 Å². The summed E-state index contributed by atoms with van der Waals surface area (Å²) in [5.41, 5.74) is 5.99. The van der Waals surface area contributed by atoms with Gasteiger partial charge in [0.2, 0.25) is 0 Å². The molecule has 0 radical (unpaired) electrons. The molecule has 0 aliphatic heterocycles. The minimum absolute atomic E-state index is 0.115. The Hall–Kier alpha value is -0.760. The van der Waals surface area contributed by atoms with Gasteiger partial charge in [0.15, 0.2) is 5.69 Å². The molecule has 0 aliphatic rings. The Morgan fingerprint density at radius 2 is 2.31 bits per heavy atom. The molecule has 1 rings (SSSR count). The van der Waals surface area contributed by atoms with E-state index in [-0.39, 0.29) is 5.82 Å². The number of pyridine rings is 1. The Kier molecular flexibility index (Phi) is 3.55. The predicted octanol–water partition coefficient (Wildman–Crippen LogP) is 1.10. The van der Waals surface area contributed by atoms with Gasteiger partial charge in [0.25, 0.3) is 0 Å². The van der Waals surface area contributed by atoms with E-state index in [4.69, 9.17) is 5.73 Å². The molecular weight excluding hydrogens is 285 g/mol. The molecule has 0 spiro atoms. The number of nitro groups is 1. The van der Waals surface area contributed by atoms with Crippen molar-refractivity contribution in [3.8, 4) is 0 Å². The highest BCUT2D eigenvalue weighted by atomic mass is 127. The van der Waals surface area contributed by atoms with Crippen molar-refractivity contribution in [3.63, 3.8) is 0 Å². The molecule has 1 aromatic rings. The molecule has 0 saturated heterocycles. The van der Waals surface area contributed by atoms with Gasteiger partial charge >= 0.3 is 5.82 Å². The Morgan fingerprint density at radius 1 is 1.62 bits per heavy atom. The van der Waals surface area contributed by atoms with Crippen molar-refractivity contribution in [2.24, 2.45) is 5.73 Å². The number of hydrogen-bond donors (Lipinski definition) is 1. The minimum atomic E-state index is -0.498. The quantitative estimate of drug-likeness (QED) is 0.514. The number of nitrogens with zero attached hydrogens (tertiary/aromatic N) is 2. The molecule has 13 heavy (non-hydrogen) atoms. The average Bonchev–Trinajstić information content (AvgIpc) is 2.03. The Labute approximate surface area is 88.6 Å². The Bertz CT molecular complexity index is 330. The smallest absolute Gasteiger partial charge is 0.358 e. The Morgan fingerprint density at radius 3 is 2.85 bits per heavy atom. The summed E-state index contributed by atoms with van der Waals surface area (Å²) in [6.07, 6.45) is 0.567. The van der Waals surface area contributed by atoms with Gasteiger partial charge in [-0.15, -0.1) is 0 Å². The molecule has 0 aliphatic carbocycles. The van der Waals surface area contributed by atoms with Crippen LogP contribution in [0.1, 0.15) is 5.69 Å². The topological polar surface area (TPSA) is 82.0 Å². The molecule has 6 heteroatoms. The van der Waals surface area contributed by atoms with Crippen molar-refractivity contribution in [2.45, 2.75) is 6.42 Å². The fourth-order valence-corrected chi connectivity index (χ4v) is 1.54. The maximum Gasteiger partial charge on any atom is 0.364 e. The first-order valence-electron chi connectivity index (χ1n) is 3.64. The number of aromatic nitrogens is 1. The second kappa shape index (κ2) is 4.47. The van der Waals surface area contributed by atoms with E-state index in [0.717, 1.165) is 3.57 Å². The Balaban J connectivity index is 3.03. The standard InChI is InChI=1S/C7H8IN3O2/c8-5-3-6(1-2-9)10-7(4-5)11(12)13/h3-4H,1-2,9H2. The summed E-state index contributed by atoms with van der Waals surface area (Å²) < 4.78 is 0.808. The van der Waals surface area contributed by atoms with Gasteiger partial charge in [0.05, 0.1) is 0 Å². The monoisotopic (exact) mass is 293 g/mol. The zero-order valence-electron chi connectivity index (χ0n) is 6.74. The fourth-order valence-electron chi connectivity index (χ4n) is 0.905. The van der Waals surface area contributed by atoms with Crippen LogP contribution in [0.25, 0.3) is 0 Å². The molecule has 0 aromatic carbocycles. The average molecular weight is 293 g/mol. The fraction of sp³-hybridized carbons (Fsp3) is 0.286. The molecule has 5 nitrogen and oxygen atoms in total. The van der Waals surface area contributed by atoms with E-state index in [2.05, 4.69) is 4.98 Å². The van der Waals surface area contributed by atoms with E-state index in [1.807, 2.05) is 22.6 Å². The lowest BCUT2D eigenvalue weighted by molar-refractivity contribution is -0.389. The number of rotatable bonds is 3. The highest BCUT2D eigenvalue weighted by molar-refractivity contribution is 14.1. The molecule has 0 saturated carbocycles. The molecule has 0 bridgehead atoms. The van der Waals surface area contributed by atoms with Gasteiger partial charge in [-0.05, 0) is 38.6 Å². The normalized spacial score (nSPS) is 10.0. The lowest BCUT2D eigenvalue weighted by Crippen LogP contribution is -2.06. The van der Waals surface area contributed by atoms with Crippen molar-refractivity contribution >= 4 is 28.4 Å². The van der Waals surface area contributed by atoms with Gasteiger partial charge in [-0.3, -0.25) is 0 Å². The van der Waals surface area contributed by atoms with Gasteiger partial charge in [-0.25, -0.2) is 0 Å². The van der Waals surface area contributed by atoms with Crippen LogP contribution in [0.3, 0.4) is 0 Å². The van der Waals surface area contributed by atoms with Gasteiger partial charge in [0.1, 0.15) is 0 Å². The highest BCUT2D eigenvalue weighted by Gasteiger charge is 2.11. The van der Waals surface area contributed by atoms with Crippen LogP contribution in [0, 0.1) is 13.7 Å². The van der Waals surface area contributed by atoms with Crippen LogP contribution in [0.2, 0.25) is 0 Å². The molecule has 70 valence electrons. The van der Waals surface area contributed by atoms with E-state index in [1.54, 1.807) is 6.07 Å². The first-order chi connectivity index (χ1) is 6.13.